The van der Waals surface area contributed by atoms with E-state index in [1.54, 1.807) is 6.07 Å². The van der Waals surface area contributed by atoms with Gasteiger partial charge in [0.05, 0.1) is 30.4 Å². The molecule has 1 aliphatic heterocycles. The maximum atomic E-state index is 13.7. The Balaban J connectivity index is 1.93. The van der Waals surface area contributed by atoms with Gasteiger partial charge in [0, 0.05) is 6.54 Å². The Morgan fingerprint density at radius 1 is 1.37 bits per heavy atom. The molecule has 1 aliphatic rings. The third kappa shape index (κ3) is 6.18. The number of nitrogens with two attached hydrogens (primary N) is 1. The van der Waals surface area contributed by atoms with E-state index in [9.17, 15) is 19.1 Å². The Hall–Kier alpha value is -2.19. The van der Waals surface area contributed by atoms with Crippen LogP contribution in [0.3, 0.4) is 0 Å². The summed E-state index contributed by atoms with van der Waals surface area (Å²) in [5.74, 6) is -0.523. The Kier molecular flexibility index (Phi) is 7.55. The maximum absolute atomic E-state index is 13.7. The number of urea groups is 1. The first-order valence-electron chi connectivity index (χ1n) is 9.32. The molecular formula is C19H29FN4O3. The molecule has 150 valence electrons. The predicted molar refractivity (Wildman–Crippen MR) is 102 cm³/mol. The molecule has 3 atom stereocenters. The van der Waals surface area contributed by atoms with E-state index in [0.29, 0.717) is 31.7 Å². The molecule has 0 bridgehead atoms. The van der Waals surface area contributed by atoms with Crippen molar-refractivity contribution in [1.82, 2.24) is 10.2 Å². The number of hydrogen-bond donors (Lipinski definition) is 4. The van der Waals surface area contributed by atoms with Gasteiger partial charge in [0.15, 0.2) is 0 Å². The second-order valence-electron chi connectivity index (χ2n) is 7.42. The molecule has 7 nitrogen and oxygen atoms in total. The van der Waals surface area contributed by atoms with Crippen LogP contribution in [0.2, 0.25) is 0 Å². The number of aliphatic hydroxyl groups is 1. The number of nitrogens with one attached hydrogen (secondary N) is 2. The quantitative estimate of drug-likeness (QED) is 0.623. The van der Waals surface area contributed by atoms with E-state index < -0.39 is 30.0 Å². The SMILES string of the molecule is CC(C)C[C@H](N)C(=O)NC1CCCN(C(=O)Nc2ccccc2F)CC1O. The lowest BCUT2D eigenvalue weighted by molar-refractivity contribution is -0.124. The van der Waals surface area contributed by atoms with E-state index >= 15 is 0 Å². The van der Waals surface area contributed by atoms with Crippen LogP contribution in [0.5, 0.6) is 0 Å². The molecule has 1 saturated heterocycles. The van der Waals surface area contributed by atoms with Crippen LogP contribution in [0.1, 0.15) is 33.1 Å². The number of hydrogen-bond acceptors (Lipinski definition) is 4. The van der Waals surface area contributed by atoms with Crippen LogP contribution in [0.4, 0.5) is 14.9 Å². The van der Waals surface area contributed by atoms with Crippen molar-refractivity contribution in [2.75, 3.05) is 18.4 Å². The first-order valence-corrected chi connectivity index (χ1v) is 9.32. The zero-order chi connectivity index (χ0) is 20.0. The number of rotatable bonds is 5. The van der Waals surface area contributed by atoms with Gasteiger partial charge in [-0.15, -0.1) is 0 Å². The van der Waals surface area contributed by atoms with Crippen molar-refractivity contribution in [2.45, 2.75) is 51.3 Å². The highest BCUT2D eigenvalue weighted by molar-refractivity contribution is 5.89. The van der Waals surface area contributed by atoms with Gasteiger partial charge in [-0.3, -0.25) is 4.79 Å². The topological polar surface area (TPSA) is 108 Å². The van der Waals surface area contributed by atoms with Crippen molar-refractivity contribution in [3.8, 4) is 0 Å². The fraction of sp³-hybridized carbons (Fsp3) is 0.579. The third-order valence-corrected chi connectivity index (χ3v) is 4.61. The van der Waals surface area contributed by atoms with Crippen LogP contribution >= 0.6 is 0 Å². The Morgan fingerprint density at radius 3 is 2.74 bits per heavy atom. The zero-order valence-electron chi connectivity index (χ0n) is 15.8. The van der Waals surface area contributed by atoms with Gasteiger partial charge in [-0.05, 0) is 37.3 Å². The van der Waals surface area contributed by atoms with Crippen LogP contribution in [-0.4, -0.2) is 53.2 Å². The smallest absolute Gasteiger partial charge is 0.322 e. The van der Waals surface area contributed by atoms with Crippen LogP contribution < -0.4 is 16.4 Å². The molecular weight excluding hydrogens is 351 g/mol. The van der Waals surface area contributed by atoms with Gasteiger partial charge in [-0.1, -0.05) is 26.0 Å². The Morgan fingerprint density at radius 2 is 2.07 bits per heavy atom. The van der Waals surface area contributed by atoms with Crippen molar-refractivity contribution < 1.29 is 19.1 Å². The van der Waals surface area contributed by atoms with Crippen molar-refractivity contribution in [2.24, 2.45) is 11.7 Å². The average molecular weight is 380 g/mol. The Bertz CT molecular complexity index is 656. The van der Waals surface area contributed by atoms with Gasteiger partial charge < -0.3 is 26.4 Å². The molecule has 1 aromatic rings. The summed E-state index contributed by atoms with van der Waals surface area (Å²) in [7, 11) is 0. The molecule has 1 aromatic carbocycles. The van der Waals surface area contributed by atoms with Crippen LogP contribution in [0.25, 0.3) is 0 Å². The minimum absolute atomic E-state index is 0.0463. The fourth-order valence-corrected chi connectivity index (χ4v) is 3.15. The summed E-state index contributed by atoms with van der Waals surface area (Å²) in [6, 6.07) is 4.32. The number of carbonyl (C=O) groups is 2. The molecule has 0 saturated carbocycles. The normalized spacial score (nSPS) is 21.5. The maximum Gasteiger partial charge on any atom is 0.322 e. The van der Waals surface area contributed by atoms with E-state index in [1.807, 2.05) is 13.8 Å². The molecule has 0 radical (unpaired) electrons. The number of carbonyl (C=O) groups excluding carboxylic acids is 2. The largest absolute Gasteiger partial charge is 0.389 e. The molecule has 27 heavy (non-hydrogen) atoms. The molecule has 0 aromatic heterocycles. The van der Waals surface area contributed by atoms with Gasteiger partial charge in [0.1, 0.15) is 5.82 Å². The summed E-state index contributed by atoms with van der Waals surface area (Å²) >= 11 is 0. The van der Waals surface area contributed by atoms with E-state index in [1.165, 1.54) is 23.1 Å². The number of benzene rings is 1. The lowest BCUT2D eigenvalue weighted by atomic mass is 10.0. The standard InChI is InChI=1S/C19H29FN4O3/c1-12(2)10-14(21)18(26)22-16-8-5-9-24(11-17(16)25)19(27)23-15-7-4-3-6-13(15)20/h3-4,6-7,12,14,16-17,25H,5,8-11,21H2,1-2H3,(H,22,26)(H,23,27)/t14-,16?,17?/m0/s1. The number of anilines is 1. The highest BCUT2D eigenvalue weighted by Gasteiger charge is 2.30. The monoisotopic (exact) mass is 380 g/mol. The first-order chi connectivity index (χ1) is 12.8. The van der Waals surface area contributed by atoms with E-state index in [-0.39, 0.29) is 18.1 Å². The van der Waals surface area contributed by atoms with Crippen molar-refractivity contribution in [1.29, 1.82) is 0 Å². The van der Waals surface area contributed by atoms with Gasteiger partial charge in [0.2, 0.25) is 5.91 Å². The fourth-order valence-electron chi connectivity index (χ4n) is 3.15. The number of amides is 3. The second-order valence-corrected chi connectivity index (χ2v) is 7.42. The highest BCUT2D eigenvalue weighted by Crippen LogP contribution is 2.17. The number of aliphatic hydroxyl groups excluding tert-OH is 1. The molecule has 8 heteroatoms. The van der Waals surface area contributed by atoms with E-state index in [4.69, 9.17) is 5.73 Å². The van der Waals surface area contributed by atoms with E-state index in [0.717, 1.165) is 0 Å². The average Bonchev–Trinajstić information content (AvgIpc) is 2.78. The lowest BCUT2D eigenvalue weighted by Gasteiger charge is -2.26. The van der Waals surface area contributed by atoms with Crippen molar-refractivity contribution >= 4 is 17.6 Å². The molecule has 2 rings (SSSR count). The van der Waals surface area contributed by atoms with Crippen molar-refractivity contribution in [3.05, 3.63) is 30.1 Å². The van der Waals surface area contributed by atoms with E-state index in [2.05, 4.69) is 10.6 Å². The summed E-state index contributed by atoms with van der Waals surface area (Å²) in [5, 5.41) is 15.8. The molecule has 0 aliphatic carbocycles. The molecule has 0 spiro atoms. The molecule has 5 N–H and O–H groups in total. The summed E-state index contributed by atoms with van der Waals surface area (Å²) in [6.07, 6.45) is 0.775. The van der Waals surface area contributed by atoms with Gasteiger partial charge in [-0.2, -0.15) is 0 Å². The first kappa shape index (κ1) is 21.1. The molecule has 1 heterocycles. The molecule has 3 amide bonds. The predicted octanol–water partition coefficient (Wildman–Crippen LogP) is 1.67. The minimum Gasteiger partial charge on any atom is -0.389 e. The Labute approximate surface area is 159 Å². The van der Waals surface area contributed by atoms with Gasteiger partial charge >= 0.3 is 6.03 Å². The number of para-hydroxylation sites is 1. The summed E-state index contributed by atoms with van der Waals surface area (Å²) in [4.78, 5) is 26.1. The van der Waals surface area contributed by atoms with Crippen molar-refractivity contribution in [3.63, 3.8) is 0 Å². The highest BCUT2D eigenvalue weighted by atomic mass is 19.1. The second kappa shape index (κ2) is 9.66. The van der Waals surface area contributed by atoms with Gasteiger partial charge in [0.25, 0.3) is 0 Å². The molecule has 2 unspecified atom stereocenters. The van der Waals surface area contributed by atoms with Crippen LogP contribution in [-0.2, 0) is 4.79 Å². The number of β-amino-alcohol motifs (C(OH)–C–C–N with tert-alkyl or cyclic N) is 1. The van der Waals surface area contributed by atoms with Crippen LogP contribution in [0.15, 0.2) is 24.3 Å². The molecule has 1 fully saturated rings. The summed E-state index contributed by atoms with van der Waals surface area (Å²) in [5.41, 5.74) is 5.98. The minimum atomic E-state index is -0.922. The summed E-state index contributed by atoms with van der Waals surface area (Å²) < 4.78 is 13.7. The van der Waals surface area contributed by atoms with Gasteiger partial charge in [-0.25, -0.2) is 9.18 Å². The lowest BCUT2D eigenvalue weighted by Crippen LogP contribution is -2.52. The third-order valence-electron chi connectivity index (χ3n) is 4.61. The zero-order valence-corrected chi connectivity index (χ0v) is 15.8. The number of likely N-dealkylation sites (tertiary alicyclic amines) is 1. The number of nitrogens with zero attached hydrogens (tertiary/aromatic N) is 1. The van der Waals surface area contributed by atoms with Crippen LogP contribution in [0, 0.1) is 11.7 Å². The summed E-state index contributed by atoms with van der Waals surface area (Å²) in [6.45, 7) is 4.42. The number of halogens is 1.